The van der Waals surface area contributed by atoms with Crippen LogP contribution in [0.2, 0.25) is 0 Å². The maximum absolute atomic E-state index is 12.6. The predicted molar refractivity (Wildman–Crippen MR) is 91.2 cm³/mol. The van der Waals surface area contributed by atoms with Gasteiger partial charge in [-0.05, 0) is 39.0 Å². The van der Waals surface area contributed by atoms with Gasteiger partial charge in [0.15, 0.2) is 5.78 Å². The van der Waals surface area contributed by atoms with Crippen LogP contribution < -0.4 is 5.32 Å². The Bertz CT molecular complexity index is 292. The Labute approximate surface area is 128 Å². The van der Waals surface area contributed by atoms with E-state index >= 15 is 0 Å². The SMILES string of the molecule is C.CCC(C)(C)CCC(NC(C)(C)C)C(=O)C(C)(C)C. The number of hydrogen-bond acceptors (Lipinski definition) is 2. The Kier molecular flexibility index (Phi) is 8.31. The minimum Gasteiger partial charge on any atom is -0.303 e. The first-order chi connectivity index (χ1) is 8.28. The highest BCUT2D eigenvalue weighted by Crippen LogP contribution is 2.29. The van der Waals surface area contributed by atoms with Crippen molar-refractivity contribution in [3.63, 3.8) is 0 Å². The second kappa shape index (κ2) is 7.59. The zero-order valence-electron chi connectivity index (χ0n) is 14.6. The third-order valence-corrected chi connectivity index (χ3v) is 3.73. The van der Waals surface area contributed by atoms with Crippen LogP contribution >= 0.6 is 0 Å². The van der Waals surface area contributed by atoms with Gasteiger partial charge in [-0.2, -0.15) is 0 Å². The van der Waals surface area contributed by atoms with E-state index in [9.17, 15) is 4.79 Å². The molecule has 0 aromatic carbocycles. The van der Waals surface area contributed by atoms with Crippen molar-refractivity contribution in [2.24, 2.45) is 10.8 Å². The summed E-state index contributed by atoms with van der Waals surface area (Å²) in [6.45, 7) is 19.2. The summed E-state index contributed by atoms with van der Waals surface area (Å²) in [6.07, 6.45) is 3.16. The molecule has 122 valence electrons. The third kappa shape index (κ3) is 8.73. The Morgan fingerprint density at radius 3 is 1.75 bits per heavy atom. The Morgan fingerprint density at radius 1 is 1.00 bits per heavy atom. The maximum Gasteiger partial charge on any atom is 0.155 e. The second-order valence-electron chi connectivity index (χ2n) is 8.62. The molecule has 0 radical (unpaired) electrons. The highest BCUT2D eigenvalue weighted by atomic mass is 16.1. The Hall–Kier alpha value is -0.370. The number of carbonyl (C=O) groups is 1. The molecule has 1 N–H and O–H groups in total. The highest BCUT2D eigenvalue weighted by molar-refractivity contribution is 5.88. The van der Waals surface area contributed by atoms with Crippen LogP contribution in [-0.4, -0.2) is 17.4 Å². The number of hydrogen-bond donors (Lipinski definition) is 1. The molecule has 0 bridgehead atoms. The van der Waals surface area contributed by atoms with E-state index in [1.807, 2.05) is 20.8 Å². The van der Waals surface area contributed by atoms with Crippen molar-refractivity contribution in [3.8, 4) is 0 Å². The monoisotopic (exact) mass is 285 g/mol. The van der Waals surface area contributed by atoms with Crippen molar-refractivity contribution < 1.29 is 4.79 Å². The topological polar surface area (TPSA) is 29.1 Å². The quantitative estimate of drug-likeness (QED) is 0.725. The van der Waals surface area contributed by atoms with Crippen LogP contribution in [0.3, 0.4) is 0 Å². The summed E-state index contributed by atoms with van der Waals surface area (Å²) in [4.78, 5) is 12.6. The van der Waals surface area contributed by atoms with Gasteiger partial charge in [0.25, 0.3) is 0 Å². The molecule has 1 atom stereocenters. The summed E-state index contributed by atoms with van der Waals surface area (Å²) < 4.78 is 0. The normalized spacial score (nSPS) is 14.7. The molecule has 1 unspecified atom stereocenters. The van der Waals surface area contributed by atoms with Crippen LogP contribution in [0.4, 0.5) is 0 Å². The molecule has 0 aromatic heterocycles. The molecule has 0 fully saturated rings. The number of nitrogens with one attached hydrogen (secondary N) is 1. The highest BCUT2D eigenvalue weighted by Gasteiger charge is 2.32. The summed E-state index contributed by atoms with van der Waals surface area (Å²) in [5.41, 5.74) is 0.0111. The molecule has 2 heteroatoms. The summed E-state index contributed by atoms with van der Waals surface area (Å²) in [5, 5.41) is 3.51. The number of carbonyl (C=O) groups excluding carboxylic acids is 1. The van der Waals surface area contributed by atoms with Gasteiger partial charge in [-0.15, -0.1) is 0 Å². The molecule has 0 saturated carbocycles. The molecule has 0 aliphatic carbocycles. The Balaban J connectivity index is 0. The fraction of sp³-hybridized carbons (Fsp3) is 0.944. The van der Waals surface area contributed by atoms with E-state index in [0.717, 1.165) is 19.3 Å². The molecular formula is C18H39NO. The zero-order valence-corrected chi connectivity index (χ0v) is 14.6. The van der Waals surface area contributed by atoms with Gasteiger partial charge in [-0.1, -0.05) is 55.4 Å². The minimum absolute atomic E-state index is 0. The van der Waals surface area contributed by atoms with E-state index in [0.29, 0.717) is 11.2 Å². The smallest absolute Gasteiger partial charge is 0.155 e. The van der Waals surface area contributed by atoms with E-state index in [1.54, 1.807) is 0 Å². The molecule has 2 nitrogen and oxygen atoms in total. The largest absolute Gasteiger partial charge is 0.303 e. The molecule has 0 amide bonds. The molecule has 0 heterocycles. The van der Waals surface area contributed by atoms with Gasteiger partial charge in [-0.3, -0.25) is 4.79 Å². The molecule has 0 aromatic rings. The van der Waals surface area contributed by atoms with Crippen LogP contribution in [0, 0.1) is 10.8 Å². The van der Waals surface area contributed by atoms with E-state index in [2.05, 4.69) is 46.9 Å². The molecule has 0 spiro atoms. The van der Waals surface area contributed by atoms with E-state index < -0.39 is 0 Å². The van der Waals surface area contributed by atoms with Gasteiger partial charge >= 0.3 is 0 Å². The van der Waals surface area contributed by atoms with Crippen molar-refractivity contribution in [2.75, 3.05) is 0 Å². The van der Waals surface area contributed by atoms with Gasteiger partial charge in [0.2, 0.25) is 0 Å². The van der Waals surface area contributed by atoms with Crippen LogP contribution in [0.15, 0.2) is 0 Å². The summed E-state index contributed by atoms with van der Waals surface area (Å²) in [5.74, 6) is 0.328. The van der Waals surface area contributed by atoms with Gasteiger partial charge in [0, 0.05) is 11.0 Å². The lowest BCUT2D eigenvalue weighted by atomic mass is 9.79. The standard InChI is InChI=1S/C17H35NO.CH4/c1-10-17(8,9)12-11-13(18-16(5,6)7)14(19)15(2,3)4;/h13,18H,10-12H2,1-9H3;1H4. The van der Waals surface area contributed by atoms with Crippen molar-refractivity contribution >= 4 is 5.78 Å². The first-order valence-electron chi connectivity index (χ1n) is 7.60. The number of rotatable bonds is 6. The van der Waals surface area contributed by atoms with E-state index in [1.165, 1.54) is 0 Å². The fourth-order valence-electron chi connectivity index (χ4n) is 2.03. The van der Waals surface area contributed by atoms with Gasteiger partial charge in [0.05, 0.1) is 6.04 Å². The second-order valence-corrected chi connectivity index (χ2v) is 8.62. The van der Waals surface area contributed by atoms with Crippen LogP contribution in [0.5, 0.6) is 0 Å². The molecular weight excluding hydrogens is 246 g/mol. The molecule has 0 aliphatic heterocycles. The van der Waals surface area contributed by atoms with Crippen LogP contribution in [-0.2, 0) is 4.79 Å². The van der Waals surface area contributed by atoms with Gasteiger partial charge in [-0.25, -0.2) is 0 Å². The Morgan fingerprint density at radius 2 is 1.45 bits per heavy atom. The lowest BCUT2D eigenvalue weighted by Gasteiger charge is -2.34. The summed E-state index contributed by atoms with van der Waals surface area (Å²) in [6, 6.07) is -0.0363. The first kappa shape index (κ1) is 21.9. The van der Waals surface area contributed by atoms with Crippen LogP contribution in [0.1, 0.15) is 89.0 Å². The summed E-state index contributed by atoms with van der Waals surface area (Å²) >= 11 is 0. The van der Waals surface area contributed by atoms with E-state index in [-0.39, 0.29) is 24.4 Å². The molecule has 0 saturated heterocycles. The molecule has 0 aliphatic rings. The van der Waals surface area contributed by atoms with Gasteiger partial charge in [0.1, 0.15) is 0 Å². The number of ketones is 1. The third-order valence-electron chi connectivity index (χ3n) is 3.73. The minimum atomic E-state index is -0.278. The van der Waals surface area contributed by atoms with Crippen molar-refractivity contribution in [2.45, 2.75) is 101 Å². The molecule has 20 heavy (non-hydrogen) atoms. The lowest BCUT2D eigenvalue weighted by molar-refractivity contribution is -0.129. The van der Waals surface area contributed by atoms with Crippen LogP contribution in [0.25, 0.3) is 0 Å². The zero-order chi connectivity index (χ0) is 15.5. The maximum atomic E-state index is 12.6. The predicted octanol–water partition coefficient (Wildman–Crippen LogP) is 5.21. The average molecular weight is 286 g/mol. The summed E-state index contributed by atoms with van der Waals surface area (Å²) in [7, 11) is 0. The van der Waals surface area contributed by atoms with E-state index in [4.69, 9.17) is 0 Å². The number of Topliss-reactive ketones (excluding diaryl/α,β-unsaturated/α-hetero) is 1. The fourth-order valence-corrected chi connectivity index (χ4v) is 2.03. The first-order valence-corrected chi connectivity index (χ1v) is 7.60. The van der Waals surface area contributed by atoms with Gasteiger partial charge < -0.3 is 5.32 Å². The average Bonchev–Trinajstić information content (AvgIpc) is 2.20. The van der Waals surface area contributed by atoms with Crippen molar-refractivity contribution in [1.82, 2.24) is 5.32 Å². The van der Waals surface area contributed by atoms with Crippen molar-refractivity contribution in [3.05, 3.63) is 0 Å². The molecule has 0 rings (SSSR count). The lowest BCUT2D eigenvalue weighted by Crippen LogP contribution is -2.51. The van der Waals surface area contributed by atoms with Crippen molar-refractivity contribution in [1.29, 1.82) is 0 Å².